The number of hydrogen-bond donors (Lipinski definition) is 1. The molecule has 2 heteroatoms. The van der Waals surface area contributed by atoms with Crippen LogP contribution in [-0.2, 0) is 11.2 Å². The molecule has 0 bridgehead atoms. The van der Waals surface area contributed by atoms with Gasteiger partial charge in [0.2, 0.25) is 0 Å². The average molecular weight is 263 g/mol. The summed E-state index contributed by atoms with van der Waals surface area (Å²) >= 11 is 0. The van der Waals surface area contributed by atoms with E-state index in [-0.39, 0.29) is 6.10 Å². The fourth-order valence-corrected chi connectivity index (χ4v) is 2.51. The molecule has 0 spiro atoms. The lowest BCUT2D eigenvalue weighted by molar-refractivity contribution is 0.00395. The van der Waals surface area contributed by atoms with Crippen LogP contribution in [0.15, 0.2) is 24.3 Å². The molecular weight excluding hydrogens is 234 g/mol. The van der Waals surface area contributed by atoms with Crippen molar-refractivity contribution < 1.29 is 4.74 Å². The van der Waals surface area contributed by atoms with Gasteiger partial charge in [-0.1, -0.05) is 50.6 Å². The van der Waals surface area contributed by atoms with Gasteiger partial charge < -0.3 is 10.1 Å². The van der Waals surface area contributed by atoms with Crippen LogP contribution in [-0.4, -0.2) is 25.3 Å². The van der Waals surface area contributed by atoms with Gasteiger partial charge in [0.15, 0.2) is 0 Å². The van der Waals surface area contributed by atoms with Crippen molar-refractivity contribution in [1.82, 2.24) is 5.32 Å². The van der Waals surface area contributed by atoms with Gasteiger partial charge in [-0.15, -0.1) is 0 Å². The average Bonchev–Trinajstić information content (AvgIpc) is 2.38. The number of hydrogen-bond acceptors (Lipinski definition) is 2. The highest BCUT2D eigenvalue weighted by Gasteiger charge is 2.24. The smallest absolute Gasteiger partial charge is 0.0753 e. The summed E-state index contributed by atoms with van der Waals surface area (Å²) < 4.78 is 5.95. The number of benzene rings is 1. The minimum Gasteiger partial charge on any atom is -0.377 e. The lowest BCUT2D eigenvalue weighted by Crippen LogP contribution is -2.45. The molecule has 0 saturated carbocycles. The molecule has 19 heavy (non-hydrogen) atoms. The zero-order chi connectivity index (χ0) is 14.3. The number of aryl methyl sites for hydroxylation is 1. The maximum absolute atomic E-state index is 5.95. The predicted molar refractivity (Wildman–Crippen MR) is 82.6 cm³/mol. The summed E-state index contributed by atoms with van der Waals surface area (Å²) in [7, 11) is 0. The molecule has 2 nitrogen and oxygen atoms in total. The molecule has 0 aliphatic rings. The molecule has 1 N–H and O–H groups in total. The van der Waals surface area contributed by atoms with Crippen molar-refractivity contribution in [3.8, 4) is 0 Å². The van der Waals surface area contributed by atoms with Crippen molar-refractivity contribution in [3.05, 3.63) is 35.4 Å². The van der Waals surface area contributed by atoms with Crippen LogP contribution in [0.2, 0.25) is 0 Å². The topological polar surface area (TPSA) is 21.3 Å². The van der Waals surface area contributed by atoms with Crippen molar-refractivity contribution in [2.24, 2.45) is 5.92 Å². The Morgan fingerprint density at radius 2 is 1.74 bits per heavy atom. The molecule has 0 radical (unpaired) electrons. The van der Waals surface area contributed by atoms with E-state index in [9.17, 15) is 0 Å². The Labute approximate surface area is 118 Å². The highest BCUT2D eigenvalue weighted by molar-refractivity contribution is 5.22. The Hall–Kier alpha value is -0.860. The lowest BCUT2D eigenvalue weighted by Gasteiger charge is -2.31. The van der Waals surface area contributed by atoms with Crippen LogP contribution >= 0.6 is 0 Å². The summed E-state index contributed by atoms with van der Waals surface area (Å²) in [5.41, 5.74) is 2.69. The predicted octanol–water partition coefficient (Wildman–Crippen LogP) is 3.58. The minimum atomic E-state index is 0.270. The molecule has 0 fully saturated rings. The molecule has 0 saturated heterocycles. The van der Waals surface area contributed by atoms with E-state index in [0.717, 1.165) is 19.6 Å². The second-order valence-electron chi connectivity index (χ2n) is 5.52. The summed E-state index contributed by atoms with van der Waals surface area (Å²) in [6, 6.07) is 9.20. The van der Waals surface area contributed by atoms with Gasteiger partial charge in [-0.25, -0.2) is 0 Å². The van der Waals surface area contributed by atoms with E-state index in [1.54, 1.807) is 0 Å². The largest absolute Gasteiger partial charge is 0.377 e. The summed E-state index contributed by atoms with van der Waals surface area (Å²) in [6.45, 7) is 12.6. The molecule has 0 heterocycles. The fraction of sp³-hybridized carbons (Fsp3) is 0.647. The van der Waals surface area contributed by atoms with E-state index in [4.69, 9.17) is 4.74 Å². The lowest BCUT2D eigenvalue weighted by atomic mass is 9.93. The van der Waals surface area contributed by atoms with Crippen molar-refractivity contribution in [1.29, 1.82) is 0 Å². The molecule has 108 valence electrons. The van der Waals surface area contributed by atoms with Crippen molar-refractivity contribution in [3.63, 3.8) is 0 Å². The summed E-state index contributed by atoms with van der Waals surface area (Å²) in [5, 5.41) is 3.59. The number of nitrogens with one attached hydrogen (secondary N) is 1. The number of rotatable bonds is 8. The number of likely N-dealkylation sites (N-methyl/N-ethyl adjacent to an activating group) is 1. The van der Waals surface area contributed by atoms with E-state index in [1.165, 1.54) is 11.1 Å². The third kappa shape index (κ3) is 5.33. The van der Waals surface area contributed by atoms with Gasteiger partial charge in [0.1, 0.15) is 0 Å². The highest BCUT2D eigenvalue weighted by Crippen LogP contribution is 2.16. The molecule has 1 aromatic carbocycles. The monoisotopic (exact) mass is 263 g/mol. The Morgan fingerprint density at radius 1 is 1.11 bits per heavy atom. The van der Waals surface area contributed by atoms with Crippen LogP contribution in [0.3, 0.4) is 0 Å². The fourth-order valence-electron chi connectivity index (χ4n) is 2.51. The standard InChI is InChI=1S/C17H29NO/c1-6-18-16(17(13(3)4)19-7-2)12-15-10-8-14(5)9-11-15/h8-11,13,16-18H,6-7,12H2,1-5H3. The van der Waals surface area contributed by atoms with Gasteiger partial charge in [0, 0.05) is 12.6 Å². The highest BCUT2D eigenvalue weighted by atomic mass is 16.5. The van der Waals surface area contributed by atoms with Crippen LogP contribution in [0, 0.1) is 12.8 Å². The molecular formula is C17H29NO. The molecule has 1 rings (SSSR count). The van der Waals surface area contributed by atoms with E-state index in [1.807, 2.05) is 0 Å². The van der Waals surface area contributed by atoms with Crippen LogP contribution in [0.5, 0.6) is 0 Å². The van der Waals surface area contributed by atoms with E-state index in [2.05, 4.69) is 64.2 Å². The zero-order valence-electron chi connectivity index (χ0n) is 13.1. The first-order valence-corrected chi connectivity index (χ1v) is 7.49. The SMILES string of the molecule is CCNC(Cc1ccc(C)cc1)C(OCC)C(C)C. The Balaban J connectivity index is 2.77. The number of ether oxygens (including phenoxy) is 1. The Morgan fingerprint density at radius 3 is 2.21 bits per heavy atom. The molecule has 0 aromatic heterocycles. The second-order valence-corrected chi connectivity index (χ2v) is 5.52. The van der Waals surface area contributed by atoms with Crippen LogP contribution in [0.25, 0.3) is 0 Å². The summed E-state index contributed by atoms with van der Waals surface area (Å²) in [6.07, 6.45) is 1.29. The molecule has 0 aliphatic carbocycles. The van der Waals surface area contributed by atoms with Crippen molar-refractivity contribution in [2.75, 3.05) is 13.2 Å². The van der Waals surface area contributed by atoms with Crippen molar-refractivity contribution >= 4 is 0 Å². The van der Waals surface area contributed by atoms with Gasteiger partial charge in [0.25, 0.3) is 0 Å². The summed E-state index contributed by atoms with van der Waals surface area (Å²) in [4.78, 5) is 0. The van der Waals surface area contributed by atoms with Gasteiger partial charge in [-0.2, -0.15) is 0 Å². The molecule has 2 atom stereocenters. The third-order valence-electron chi connectivity index (χ3n) is 3.46. The van der Waals surface area contributed by atoms with E-state index < -0.39 is 0 Å². The van der Waals surface area contributed by atoms with Gasteiger partial charge in [0.05, 0.1) is 6.10 Å². The van der Waals surface area contributed by atoms with Crippen LogP contribution in [0.1, 0.15) is 38.8 Å². The molecule has 1 aromatic rings. The normalized spacial score (nSPS) is 14.6. The van der Waals surface area contributed by atoms with Crippen LogP contribution < -0.4 is 5.32 Å². The van der Waals surface area contributed by atoms with E-state index in [0.29, 0.717) is 12.0 Å². The second kappa shape index (κ2) is 8.34. The first-order chi connectivity index (χ1) is 9.08. The molecule has 0 aliphatic heterocycles. The van der Waals surface area contributed by atoms with E-state index >= 15 is 0 Å². The first-order valence-electron chi connectivity index (χ1n) is 7.49. The quantitative estimate of drug-likeness (QED) is 0.774. The third-order valence-corrected chi connectivity index (χ3v) is 3.46. The Kier molecular flexibility index (Phi) is 7.11. The van der Waals surface area contributed by atoms with Crippen molar-refractivity contribution in [2.45, 2.75) is 53.2 Å². The minimum absolute atomic E-state index is 0.270. The summed E-state index contributed by atoms with van der Waals surface area (Å²) in [5.74, 6) is 0.523. The Bertz CT molecular complexity index is 345. The maximum atomic E-state index is 5.95. The first kappa shape index (κ1) is 16.2. The van der Waals surface area contributed by atoms with Crippen LogP contribution in [0.4, 0.5) is 0 Å². The zero-order valence-corrected chi connectivity index (χ0v) is 13.1. The maximum Gasteiger partial charge on any atom is 0.0753 e. The van der Waals surface area contributed by atoms with Gasteiger partial charge in [-0.3, -0.25) is 0 Å². The van der Waals surface area contributed by atoms with Gasteiger partial charge >= 0.3 is 0 Å². The molecule has 0 amide bonds. The van der Waals surface area contributed by atoms with Gasteiger partial charge in [-0.05, 0) is 38.3 Å². The molecule has 2 unspecified atom stereocenters.